The molecule has 0 heterocycles. The van der Waals surface area contributed by atoms with E-state index in [1.165, 1.54) is 12.0 Å². The molecule has 80 valence electrons. The lowest BCUT2D eigenvalue weighted by molar-refractivity contribution is 0.500. The molecule has 0 aliphatic carbocycles. The molecule has 2 heteroatoms. The average molecular weight is 202 g/mol. The minimum absolute atomic E-state index is 0.712. The highest BCUT2D eigenvalue weighted by Crippen LogP contribution is 2.04. The van der Waals surface area contributed by atoms with E-state index in [2.05, 4.69) is 25.2 Å². The smallest absolute Gasteiger partial charge is 0.0991 e. The van der Waals surface area contributed by atoms with Crippen molar-refractivity contribution < 1.29 is 0 Å². The van der Waals surface area contributed by atoms with Gasteiger partial charge in [0.15, 0.2) is 0 Å². The molecule has 0 aliphatic rings. The summed E-state index contributed by atoms with van der Waals surface area (Å²) in [5, 5.41) is 12.1. The average Bonchev–Trinajstić information content (AvgIpc) is 2.29. The van der Waals surface area contributed by atoms with Crippen molar-refractivity contribution >= 4 is 0 Å². The van der Waals surface area contributed by atoms with E-state index in [-0.39, 0.29) is 0 Å². The minimum Gasteiger partial charge on any atom is -0.312 e. The van der Waals surface area contributed by atoms with Crippen LogP contribution in [-0.2, 0) is 6.54 Å². The molecule has 15 heavy (non-hydrogen) atoms. The Hall–Kier alpha value is -1.33. The van der Waals surface area contributed by atoms with E-state index in [9.17, 15) is 0 Å². The van der Waals surface area contributed by atoms with Gasteiger partial charge in [0.25, 0.3) is 0 Å². The monoisotopic (exact) mass is 202 g/mol. The minimum atomic E-state index is 0.712. The number of hydrogen-bond donors (Lipinski definition) is 1. The number of nitrogens with one attached hydrogen (secondary N) is 1. The van der Waals surface area contributed by atoms with Crippen LogP contribution < -0.4 is 5.32 Å². The summed E-state index contributed by atoms with van der Waals surface area (Å²) < 4.78 is 0. The van der Waals surface area contributed by atoms with Gasteiger partial charge in [-0.2, -0.15) is 5.26 Å². The fourth-order valence-corrected chi connectivity index (χ4v) is 1.36. The Morgan fingerprint density at radius 2 is 2.27 bits per heavy atom. The molecule has 0 saturated heterocycles. The fourth-order valence-electron chi connectivity index (χ4n) is 1.36. The highest BCUT2D eigenvalue weighted by atomic mass is 14.8. The highest BCUT2D eigenvalue weighted by molar-refractivity contribution is 5.32. The van der Waals surface area contributed by atoms with Crippen molar-refractivity contribution in [2.75, 3.05) is 6.54 Å². The maximum absolute atomic E-state index is 8.74. The van der Waals surface area contributed by atoms with Crippen LogP contribution >= 0.6 is 0 Å². The van der Waals surface area contributed by atoms with Crippen LogP contribution in [0.1, 0.15) is 31.4 Å². The van der Waals surface area contributed by atoms with Crippen LogP contribution in [0.25, 0.3) is 0 Å². The van der Waals surface area contributed by atoms with Crippen LogP contribution in [0, 0.1) is 17.2 Å². The Kier molecular flexibility index (Phi) is 4.86. The highest BCUT2D eigenvalue weighted by Gasteiger charge is 1.98. The molecule has 0 aromatic heterocycles. The second-order valence-electron chi connectivity index (χ2n) is 3.96. The summed E-state index contributed by atoms with van der Waals surface area (Å²) in [7, 11) is 0. The predicted molar refractivity (Wildman–Crippen MR) is 62.3 cm³/mol. The van der Waals surface area contributed by atoms with Gasteiger partial charge in [0.2, 0.25) is 0 Å². The number of nitrogens with zero attached hydrogens (tertiary/aromatic N) is 1. The Balaban J connectivity index is 2.41. The lowest BCUT2D eigenvalue weighted by atomic mass is 10.1. The van der Waals surface area contributed by atoms with Crippen LogP contribution in [0.2, 0.25) is 0 Å². The molecule has 2 nitrogen and oxygen atoms in total. The van der Waals surface area contributed by atoms with Crippen molar-refractivity contribution in [2.45, 2.75) is 26.8 Å². The number of hydrogen-bond acceptors (Lipinski definition) is 2. The van der Waals surface area contributed by atoms with Crippen LogP contribution in [0.3, 0.4) is 0 Å². The molecule has 1 rings (SSSR count). The lowest BCUT2D eigenvalue weighted by Gasteiger charge is -2.09. The van der Waals surface area contributed by atoms with Gasteiger partial charge in [-0.1, -0.05) is 32.4 Å². The molecule has 1 N–H and O–H groups in total. The van der Waals surface area contributed by atoms with E-state index >= 15 is 0 Å². The molecule has 0 fully saturated rings. The van der Waals surface area contributed by atoms with E-state index in [1.54, 1.807) is 0 Å². The summed E-state index contributed by atoms with van der Waals surface area (Å²) >= 11 is 0. The van der Waals surface area contributed by atoms with Gasteiger partial charge in [-0.15, -0.1) is 0 Å². The predicted octanol–water partition coefficient (Wildman–Crippen LogP) is 2.69. The molecule has 0 saturated carbocycles. The second kappa shape index (κ2) is 6.21. The summed E-state index contributed by atoms with van der Waals surface area (Å²) in [5.41, 5.74) is 1.91. The largest absolute Gasteiger partial charge is 0.312 e. The summed E-state index contributed by atoms with van der Waals surface area (Å²) in [6, 6.07) is 9.89. The van der Waals surface area contributed by atoms with E-state index < -0.39 is 0 Å². The fraction of sp³-hybridized carbons (Fsp3) is 0.462. The van der Waals surface area contributed by atoms with E-state index in [0.717, 1.165) is 18.7 Å². The number of rotatable bonds is 5. The van der Waals surface area contributed by atoms with Gasteiger partial charge in [-0.05, 0) is 30.2 Å². The van der Waals surface area contributed by atoms with Gasteiger partial charge in [-0.25, -0.2) is 0 Å². The van der Waals surface area contributed by atoms with Crippen LogP contribution in [-0.4, -0.2) is 6.54 Å². The molecule has 0 bridgehead atoms. The Morgan fingerprint density at radius 3 is 2.93 bits per heavy atom. The summed E-state index contributed by atoms with van der Waals surface area (Å²) in [4.78, 5) is 0. The summed E-state index contributed by atoms with van der Waals surface area (Å²) in [6.45, 7) is 6.31. The molecule has 0 aliphatic heterocycles. The first-order valence-electron chi connectivity index (χ1n) is 5.46. The Morgan fingerprint density at radius 1 is 1.47 bits per heavy atom. The Bertz CT molecular complexity index is 339. The van der Waals surface area contributed by atoms with Gasteiger partial charge in [0.05, 0.1) is 11.6 Å². The van der Waals surface area contributed by atoms with Crippen molar-refractivity contribution in [1.29, 1.82) is 5.26 Å². The van der Waals surface area contributed by atoms with Crippen molar-refractivity contribution in [2.24, 2.45) is 5.92 Å². The van der Waals surface area contributed by atoms with Crippen molar-refractivity contribution in [3.63, 3.8) is 0 Å². The molecule has 0 radical (unpaired) electrons. The zero-order chi connectivity index (χ0) is 11.1. The van der Waals surface area contributed by atoms with Gasteiger partial charge >= 0.3 is 0 Å². The SMILES string of the molecule is CC[C@@H](C)CNCc1cccc(C#N)c1. The molecule has 0 unspecified atom stereocenters. The van der Waals surface area contributed by atoms with Gasteiger partial charge in [-0.3, -0.25) is 0 Å². The van der Waals surface area contributed by atoms with Crippen LogP contribution in [0.5, 0.6) is 0 Å². The number of benzene rings is 1. The lowest BCUT2D eigenvalue weighted by Crippen LogP contribution is -2.20. The van der Waals surface area contributed by atoms with Gasteiger partial charge in [0, 0.05) is 6.54 Å². The molecule has 1 aromatic carbocycles. The van der Waals surface area contributed by atoms with Crippen LogP contribution in [0.15, 0.2) is 24.3 Å². The first-order valence-corrected chi connectivity index (χ1v) is 5.46. The standard InChI is InChI=1S/C13H18N2/c1-3-11(2)9-15-10-13-6-4-5-12(7-13)8-14/h4-7,11,15H,3,9-10H2,1-2H3/t11-/m1/s1. The number of nitriles is 1. The van der Waals surface area contributed by atoms with E-state index in [4.69, 9.17) is 5.26 Å². The molecule has 1 atom stereocenters. The van der Waals surface area contributed by atoms with Crippen molar-refractivity contribution in [1.82, 2.24) is 5.32 Å². The summed E-state index contributed by atoms with van der Waals surface area (Å²) in [5.74, 6) is 0.712. The second-order valence-corrected chi connectivity index (χ2v) is 3.96. The quantitative estimate of drug-likeness (QED) is 0.796. The maximum atomic E-state index is 8.74. The van der Waals surface area contributed by atoms with Gasteiger partial charge in [0.1, 0.15) is 0 Å². The topological polar surface area (TPSA) is 35.8 Å². The third-order valence-corrected chi connectivity index (χ3v) is 2.57. The van der Waals surface area contributed by atoms with Crippen molar-refractivity contribution in [3.05, 3.63) is 35.4 Å². The summed E-state index contributed by atoms with van der Waals surface area (Å²) in [6.07, 6.45) is 1.20. The molecule has 0 spiro atoms. The van der Waals surface area contributed by atoms with E-state index in [0.29, 0.717) is 5.92 Å². The van der Waals surface area contributed by atoms with E-state index in [1.807, 2.05) is 24.3 Å². The molecule has 0 amide bonds. The molecule has 1 aromatic rings. The molecular weight excluding hydrogens is 184 g/mol. The van der Waals surface area contributed by atoms with Crippen LogP contribution in [0.4, 0.5) is 0 Å². The van der Waals surface area contributed by atoms with Gasteiger partial charge < -0.3 is 5.32 Å². The van der Waals surface area contributed by atoms with Crippen molar-refractivity contribution in [3.8, 4) is 6.07 Å². The normalized spacial score (nSPS) is 12.1. The molecular formula is C13H18N2. The first kappa shape index (κ1) is 11.7. The Labute approximate surface area is 91.9 Å². The first-order chi connectivity index (χ1) is 7.26. The third kappa shape index (κ3) is 4.14. The zero-order valence-electron chi connectivity index (χ0n) is 9.46. The zero-order valence-corrected chi connectivity index (χ0v) is 9.46. The third-order valence-electron chi connectivity index (χ3n) is 2.57. The maximum Gasteiger partial charge on any atom is 0.0991 e.